The monoisotopic (exact) mass is 516 g/mol. The molecule has 210 valence electrons. The smallest absolute Gasteiger partial charge is 0.302 e. The Morgan fingerprint density at radius 1 is 1.08 bits per heavy atom. The maximum absolute atomic E-state index is 10.9. The third kappa shape index (κ3) is 21.1. The number of nitrogens with zero attached hydrogens (tertiary/aromatic N) is 1. The largest absolute Gasteiger partial charge is 0.461 e. The molecule has 1 aromatic carbocycles. The van der Waals surface area contributed by atoms with E-state index in [1.54, 1.807) is 0 Å². The zero-order chi connectivity index (χ0) is 28.6. The summed E-state index contributed by atoms with van der Waals surface area (Å²) in [6.07, 6.45) is 10.2. The predicted octanol–water partition coefficient (Wildman–Crippen LogP) is 8.07. The minimum atomic E-state index is -0.604. The molecule has 0 heterocycles. The highest BCUT2D eigenvalue weighted by Crippen LogP contribution is 2.26. The molecular weight excluding hydrogens is 464 g/mol. The van der Waals surface area contributed by atoms with Crippen LogP contribution < -0.4 is 5.48 Å². The second-order valence-corrected chi connectivity index (χ2v) is 9.67. The van der Waals surface area contributed by atoms with Crippen molar-refractivity contribution < 1.29 is 19.5 Å². The van der Waals surface area contributed by atoms with Crippen LogP contribution in [-0.2, 0) is 20.9 Å². The van der Waals surface area contributed by atoms with Gasteiger partial charge in [0.2, 0.25) is 0 Å². The Kier molecular flexibility index (Phi) is 23.3. The minimum absolute atomic E-state index is 0.239. The number of rotatable bonds is 13. The molecule has 0 aliphatic heterocycles. The summed E-state index contributed by atoms with van der Waals surface area (Å²) in [5.74, 6) is 1.92. The van der Waals surface area contributed by atoms with E-state index >= 15 is 0 Å². The van der Waals surface area contributed by atoms with Gasteiger partial charge in [-0.25, -0.2) is 5.48 Å². The number of benzene rings is 1. The lowest BCUT2D eigenvalue weighted by Gasteiger charge is -2.24. The zero-order valence-corrected chi connectivity index (χ0v) is 24.5. The van der Waals surface area contributed by atoms with E-state index in [0.29, 0.717) is 6.61 Å². The number of hydroxylamine groups is 1. The van der Waals surface area contributed by atoms with Gasteiger partial charge in [0.15, 0.2) is 0 Å². The van der Waals surface area contributed by atoms with Gasteiger partial charge in [0.25, 0.3) is 5.91 Å². The van der Waals surface area contributed by atoms with Gasteiger partial charge in [0.1, 0.15) is 6.61 Å². The van der Waals surface area contributed by atoms with E-state index in [4.69, 9.17) is 9.94 Å². The molecule has 0 radical (unpaired) electrons. The molecule has 1 aromatic rings. The van der Waals surface area contributed by atoms with E-state index in [1.807, 2.05) is 37.3 Å². The highest BCUT2D eigenvalue weighted by molar-refractivity contribution is 5.95. The molecule has 2 N–H and O–H groups in total. The summed E-state index contributed by atoms with van der Waals surface area (Å²) in [4.78, 5) is 25.4. The maximum atomic E-state index is 10.9. The lowest BCUT2D eigenvalue weighted by atomic mass is 9.82. The summed E-state index contributed by atoms with van der Waals surface area (Å²) in [5, 5.41) is 8.37. The number of hydrogen-bond acceptors (Lipinski definition) is 5. The molecule has 2 unspecified atom stereocenters. The predicted molar refractivity (Wildman–Crippen MR) is 155 cm³/mol. The van der Waals surface area contributed by atoms with Crippen LogP contribution in [0.1, 0.15) is 99.5 Å². The van der Waals surface area contributed by atoms with Gasteiger partial charge in [-0.2, -0.15) is 0 Å². The van der Waals surface area contributed by atoms with E-state index < -0.39 is 5.91 Å². The van der Waals surface area contributed by atoms with Gasteiger partial charge in [-0.1, -0.05) is 110 Å². The quantitative estimate of drug-likeness (QED) is 0.0693. The summed E-state index contributed by atoms with van der Waals surface area (Å²) >= 11 is 0. The number of esters is 1. The number of hydrogen-bond donors (Lipinski definition) is 2. The fraction of sp³-hybridized carbons (Fsp3) is 0.581. The molecule has 6 nitrogen and oxygen atoms in total. The minimum Gasteiger partial charge on any atom is -0.461 e. The van der Waals surface area contributed by atoms with Crippen molar-refractivity contribution >= 4 is 17.6 Å². The highest BCUT2D eigenvalue weighted by atomic mass is 16.5. The molecule has 0 aliphatic rings. The summed E-state index contributed by atoms with van der Waals surface area (Å²) in [7, 11) is 0. The van der Waals surface area contributed by atoms with E-state index in [0.717, 1.165) is 41.9 Å². The van der Waals surface area contributed by atoms with Crippen LogP contribution in [0, 0.1) is 17.8 Å². The molecule has 0 aromatic heterocycles. The molecule has 2 atom stereocenters. The Morgan fingerprint density at radius 3 is 2.14 bits per heavy atom. The van der Waals surface area contributed by atoms with Crippen LogP contribution >= 0.6 is 0 Å². The van der Waals surface area contributed by atoms with Crippen molar-refractivity contribution in [2.45, 2.75) is 101 Å². The Bertz CT molecular complexity index is 801. The normalized spacial score (nSPS) is 12.8. The first-order valence-electron chi connectivity index (χ1n) is 13.5. The van der Waals surface area contributed by atoms with Gasteiger partial charge < -0.3 is 4.74 Å². The average Bonchev–Trinajstić information content (AvgIpc) is 2.88. The molecule has 6 heteroatoms. The Morgan fingerprint density at radius 2 is 1.70 bits per heavy atom. The first kappa shape index (κ1) is 36.4. The van der Waals surface area contributed by atoms with Crippen LogP contribution in [0.25, 0.3) is 0 Å². The summed E-state index contributed by atoms with van der Waals surface area (Å²) < 4.78 is 4.79. The Balaban J connectivity index is 0. The summed E-state index contributed by atoms with van der Waals surface area (Å²) in [6.45, 7) is 20.9. The van der Waals surface area contributed by atoms with Crippen molar-refractivity contribution in [1.29, 1.82) is 0 Å². The lowest BCUT2D eigenvalue weighted by molar-refractivity contribution is -0.142. The first-order chi connectivity index (χ1) is 17.6. The van der Waals surface area contributed by atoms with Crippen molar-refractivity contribution in [3.8, 4) is 0 Å². The average molecular weight is 517 g/mol. The van der Waals surface area contributed by atoms with Crippen molar-refractivity contribution in [3.63, 3.8) is 0 Å². The highest BCUT2D eigenvalue weighted by Gasteiger charge is 2.15. The molecule has 0 bridgehead atoms. The molecule has 0 spiro atoms. The Hall–Kier alpha value is -2.73. The summed E-state index contributed by atoms with van der Waals surface area (Å²) in [5.41, 5.74) is 3.72. The zero-order valence-electron chi connectivity index (χ0n) is 24.5. The van der Waals surface area contributed by atoms with E-state index in [2.05, 4.69) is 53.1 Å². The Labute approximate surface area is 226 Å². The molecular formula is C31H52N2O4. The number of carbonyl (C=O) groups excluding carboxylic acids is 2. The van der Waals surface area contributed by atoms with E-state index in [1.165, 1.54) is 50.4 Å². The van der Waals surface area contributed by atoms with Crippen LogP contribution in [-0.4, -0.2) is 22.8 Å². The summed E-state index contributed by atoms with van der Waals surface area (Å²) in [6, 6.07) is 9.60. The molecule has 0 saturated heterocycles. The number of ether oxygens (including phenoxy) is 1. The number of amides is 1. The third-order valence-corrected chi connectivity index (χ3v) is 5.79. The second kappa shape index (κ2) is 23.7. The van der Waals surface area contributed by atoms with Crippen molar-refractivity contribution in [1.82, 2.24) is 5.48 Å². The van der Waals surface area contributed by atoms with Gasteiger partial charge in [-0.15, -0.1) is 0 Å². The lowest BCUT2D eigenvalue weighted by Crippen LogP contribution is -2.19. The molecule has 0 saturated carbocycles. The van der Waals surface area contributed by atoms with Crippen LogP contribution in [0.5, 0.6) is 0 Å². The van der Waals surface area contributed by atoms with Crippen LogP contribution in [0.4, 0.5) is 0 Å². The van der Waals surface area contributed by atoms with Crippen LogP contribution in [0.15, 0.2) is 59.8 Å². The van der Waals surface area contributed by atoms with E-state index in [-0.39, 0.29) is 11.5 Å². The third-order valence-electron chi connectivity index (χ3n) is 5.79. The van der Waals surface area contributed by atoms with Gasteiger partial charge in [-0.3, -0.25) is 19.8 Å². The van der Waals surface area contributed by atoms with Gasteiger partial charge in [0, 0.05) is 18.8 Å². The number of carbonyl (C=O) groups is 2. The molecule has 0 aliphatic carbocycles. The fourth-order valence-electron chi connectivity index (χ4n) is 3.58. The molecule has 1 amide bonds. The molecule has 0 fully saturated rings. The van der Waals surface area contributed by atoms with Crippen molar-refractivity contribution in [3.05, 3.63) is 60.3 Å². The maximum Gasteiger partial charge on any atom is 0.302 e. The van der Waals surface area contributed by atoms with Gasteiger partial charge in [0.05, 0.1) is 5.57 Å². The fourth-order valence-corrected chi connectivity index (χ4v) is 3.58. The van der Waals surface area contributed by atoms with Crippen molar-refractivity contribution in [2.75, 3.05) is 0 Å². The topological polar surface area (TPSA) is 88.0 Å². The molecule has 1 rings (SSSR count). The van der Waals surface area contributed by atoms with Gasteiger partial charge in [-0.05, 0) is 43.1 Å². The van der Waals surface area contributed by atoms with Crippen molar-refractivity contribution in [2.24, 2.45) is 22.7 Å². The van der Waals surface area contributed by atoms with Crippen LogP contribution in [0.2, 0.25) is 0 Å². The molecule has 37 heavy (non-hydrogen) atoms. The van der Waals surface area contributed by atoms with Crippen LogP contribution in [0.3, 0.4) is 0 Å². The number of nitrogens with one attached hydrogen (secondary N) is 1. The van der Waals surface area contributed by atoms with Gasteiger partial charge >= 0.3 is 5.97 Å². The SMILES string of the molecule is C=C/C(=C\N=C(C)CCC)C(=O)NO.CC(=O)OCc1ccccc1.CCCC(CC(C)C)C(C)CC. The number of aliphatic imine (C=N–C) groups is 1. The second-order valence-electron chi connectivity index (χ2n) is 9.67. The van der Waals surface area contributed by atoms with E-state index in [9.17, 15) is 9.59 Å². The standard InChI is InChI=1S/C12H26.C10H16N2O2.C9H10O2/c1-6-8-12(9-10(3)4)11(5)7-2;1-4-6-8(3)11-7-9(5-2)10(13)12-14;1-8(10)11-7-9-5-3-2-4-6-9/h10-12H,6-9H2,1-5H3;5,7,14H,2,4,6H2,1,3H3,(H,12,13);2-6H,7H2,1H3/b;9-7+,11-8?;. The first-order valence-corrected chi connectivity index (χ1v) is 13.5.